The summed E-state index contributed by atoms with van der Waals surface area (Å²) in [5.74, 6) is 0.126. The Morgan fingerprint density at radius 2 is 2.08 bits per heavy atom. The number of hydrogen-bond donors (Lipinski definition) is 1. The number of halogens is 1. The van der Waals surface area contributed by atoms with Crippen LogP contribution in [0, 0.1) is 22.9 Å². The number of nitro groups is 1. The van der Waals surface area contributed by atoms with Crippen LogP contribution < -0.4 is 10.2 Å². The molecule has 1 amide bonds. The fourth-order valence-corrected chi connectivity index (χ4v) is 2.87. The van der Waals surface area contributed by atoms with Gasteiger partial charge < -0.3 is 14.7 Å². The second-order valence-corrected chi connectivity index (χ2v) is 6.02. The van der Waals surface area contributed by atoms with E-state index in [-0.39, 0.29) is 18.1 Å². The lowest BCUT2D eigenvalue weighted by Gasteiger charge is -2.35. The molecule has 0 saturated carbocycles. The van der Waals surface area contributed by atoms with Gasteiger partial charge in [0, 0.05) is 32.2 Å². The highest BCUT2D eigenvalue weighted by molar-refractivity contribution is 5.91. The van der Waals surface area contributed by atoms with Crippen molar-refractivity contribution in [3.8, 4) is 0 Å². The van der Waals surface area contributed by atoms with Crippen LogP contribution in [0.2, 0.25) is 0 Å². The molecule has 138 valence electrons. The van der Waals surface area contributed by atoms with E-state index >= 15 is 0 Å². The van der Waals surface area contributed by atoms with Gasteiger partial charge in [-0.05, 0) is 19.1 Å². The number of nitro benzene ring substituents is 1. The van der Waals surface area contributed by atoms with Gasteiger partial charge in [0.1, 0.15) is 17.3 Å². The monoisotopic (exact) mass is 363 g/mol. The second kappa shape index (κ2) is 7.48. The molecule has 1 fully saturated rings. The third-order valence-corrected chi connectivity index (χ3v) is 4.11. The molecule has 1 N–H and O–H groups in total. The largest absolute Gasteiger partial charge is 0.363 e. The molecule has 0 unspecified atom stereocenters. The topological polar surface area (TPSA) is 105 Å². The second-order valence-electron chi connectivity index (χ2n) is 6.02. The summed E-state index contributed by atoms with van der Waals surface area (Å²) in [7, 11) is 0. The van der Waals surface area contributed by atoms with E-state index in [0.29, 0.717) is 43.4 Å². The molecule has 0 radical (unpaired) electrons. The minimum atomic E-state index is -0.640. The minimum absolute atomic E-state index is 0.186. The van der Waals surface area contributed by atoms with Crippen molar-refractivity contribution in [2.45, 2.75) is 6.92 Å². The van der Waals surface area contributed by atoms with Crippen LogP contribution in [0.25, 0.3) is 0 Å². The first-order valence-corrected chi connectivity index (χ1v) is 8.07. The van der Waals surface area contributed by atoms with Gasteiger partial charge in [0.25, 0.3) is 5.69 Å². The molecule has 0 atom stereocenters. The highest BCUT2D eigenvalue weighted by atomic mass is 19.1. The summed E-state index contributed by atoms with van der Waals surface area (Å²) in [4.78, 5) is 26.4. The van der Waals surface area contributed by atoms with E-state index in [1.165, 1.54) is 12.1 Å². The Balaban J connectivity index is 1.56. The maximum atomic E-state index is 13.3. The van der Waals surface area contributed by atoms with Gasteiger partial charge in [0.2, 0.25) is 5.91 Å². The molecular weight excluding hydrogens is 345 g/mol. The SMILES string of the molecule is Cc1cc(NC(=O)CN2CCN(c3ccc(F)cc3[N+](=O)[O-])CC2)no1. The van der Waals surface area contributed by atoms with Crippen molar-refractivity contribution in [2.75, 3.05) is 42.9 Å². The van der Waals surface area contributed by atoms with Gasteiger partial charge in [-0.1, -0.05) is 5.16 Å². The number of carbonyl (C=O) groups excluding carboxylic acids is 1. The molecule has 0 aliphatic carbocycles. The van der Waals surface area contributed by atoms with E-state index in [0.717, 1.165) is 6.07 Å². The first-order chi connectivity index (χ1) is 12.4. The van der Waals surface area contributed by atoms with Gasteiger partial charge in [-0.15, -0.1) is 0 Å². The predicted octanol–water partition coefficient (Wildman–Crippen LogP) is 1.79. The summed E-state index contributed by atoms with van der Waals surface area (Å²) >= 11 is 0. The van der Waals surface area contributed by atoms with Gasteiger partial charge in [0.05, 0.1) is 17.5 Å². The van der Waals surface area contributed by atoms with Gasteiger partial charge in [0.15, 0.2) is 5.82 Å². The van der Waals surface area contributed by atoms with E-state index in [1.54, 1.807) is 13.0 Å². The number of nitrogens with one attached hydrogen (secondary N) is 1. The summed E-state index contributed by atoms with van der Waals surface area (Å²) in [5, 5.41) is 17.5. The van der Waals surface area contributed by atoms with Crippen LogP contribution >= 0.6 is 0 Å². The fourth-order valence-electron chi connectivity index (χ4n) is 2.87. The smallest absolute Gasteiger partial charge is 0.295 e. The standard InChI is InChI=1S/C16H18FN5O4/c1-11-8-15(19-26-11)18-16(23)10-20-4-6-21(7-5-20)13-3-2-12(17)9-14(13)22(24)25/h2-3,8-9H,4-7,10H2,1H3,(H,18,19,23). The van der Waals surface area contributed by atoms with Crippen molar-refractivity contribution < 1.29 is 18.6 Å². The molecule has 2 aromatic rings. The Labute approximate surface area is 148 Å². The molecule has 1 aliphatic rings. The maximum Gasteiger partial charge on any atom is 0.295 e. The zero-order valence-corrected chi connectivity index (χ0v) is 14.1. The zero-order valence-electron chi connectivity index (χ0n) is 14.1. The number of amides is 1. The Morgan fingerprint density at radius 3 is 2.69 bits per heavy atom. The van der Waals surface area contributed by atoms with E-state index in [4.69, 9.17) is 4.52 Å². The lowest BCUT2D eigenvalue weighted by Crippen LogP contribution is -2.48. The van der Waals surface area contributed by atoms with Crippen molar-refractivity contribution in [3.63, 3.8) is 0 Å². The molecule has 10 heteroatoms. The third kappa shape index (κ3) is 4.14. The molecule has 3 rings (SSSR count). The van der Waals surface area contributed by atoms with Gasteiger partial charge in [-0.2, -0.15) is 0 Å². The number of rotatable bonds is 5. The van der Waals surface area contributed by atoms with Crippen LogP contribution in [-0.4, -0.2) is 53.6 Å². The lowest BCUT2D eigenvalue weighted by atomic mass is 10.2. The van der Waals surface area contributed by atoms with Gasteiger partial charge >= 0.3 is 0 Å². The number of anilines is 2. The molecular formula is C16H18FN5O4. The Morgan fingerprint density at radius 1 is 1.35 bits per heavy atom. The number of nitrogens with zero attached hydrogens (tertiary/aromatic N) is 4. The minimum Gasteiger partial charge on any atom is -0.363 e. The summed E-state index contributed by atoms with van der Waals surface area (Å²) in [5.41, 5.74) is 0.135. The maximum absolute atomic E-state index is 13.3. The van der Waals surface area contributed by atoms with Crippen LogP contribution in [0.15, 0.2) is 28.8 Å². The number of hydrogen-bond acceptors (Lipinski definition) is 7. The Hall–Kier alpha value is -3.01. The molecule has 9 nitrogen and oxygen atoms in total. The molecule has 1 aliphatic heterocycles. The molecule has 26 heavy (non-hydrogen) atoms. The summed E-state index contributed by atoms with van der Waals surface area (Å²) in [6.45, 7) is 4.03. The number of piperazine rings is 1. The fraction of sp³-hybridized carbons (Fsp3) is 0.375. The van der Waals surface area contributed by atoms with E-state index in [1.807, 2.05) is 9.80 Å². The number of aryl methyl sites for hydroxylation is 1. The van der Waals surface area contributed by atoms with Crippen molar-refractivity contribution in [2.24, 2.45) is 0 Å². The van der Waals surface area contributed by atoms with E-state index < -0.39 is 10.7 Å². The molecule has 1 aromatic carbocycles. The molecule has 2 heterocycles. The first kappa shape index (κ1) is 17.8. The van der Waals surface area contributed by atoms with Crippen molar-refractivity contribution in [1.82, 2.24) is 10.1 Å². The number of benzene rings is 1. The summed E-state index contributed by atoms with van der Waals surface area (Å²) in [6, 6.07) is 5.18. The average molecular weight is 363 g/mol. The number of carbonyl (C=O) groups is 1. The van der Waals surface area contributed by atoms with Crippen LogP contribution in [0.5, 0.6) is 0 Å². The molecule has 1 saturated heterocycles. The lowest BCUT2D eigenvalue weighted by molar-refractivity contribution is -0.384. The quantitative estimate of drug-likeness (QED) is 0.638. The molecule has 1 aromatic heterocycles. The van der Waals surface area contributed by atoms with Crippen molar-refractivity contribution >= 4 is 23.1 Å². The van der Waals surface area contributed by atoms with Crippen LogP contribution in [0.1, 0.15) is 5.76 Å². The first-order valence-electron chi connectivity index (χ1n) is 8.07. The highest BCUT2D eigenvalue weighted by Gasteiger charge is 2.25. The Kier molecular flexibility index (Phi) is 5.12. The summed E-state index contributed by atoms with van der Waals surface area (Å²) < 4.78 is 18.2. The van der Waals surface area contributed by atoms with Crippen molar-refractivity contribution in [1.29, 1.82) is 0 Å². The third-order valence-electron chi connectivity index (χ3n) is 4.11. The van der Waals surface area contributed by atoms with Crippen LogP contribution in [-0.2, 0) is 4.79 Å². The Bertz CT molecular complexity index is 817. The predicted molar refractivity (Wildman–Crippen MR) is 91.6 cm³/mol. The van der Waals surface area contributed by atoms with E-state index in [9.17, 15) is 19.3 Å². The zero-order chi connectivity index (χ0) is 18.7. The molecule has 0 bridgehead atoms. The van der Waals surface area contributed by atoms with Crippen LogP contribution in [0.3, 0.4) is 0 Å². The summed E-state index contributed by atoms with van der Waals surface area (Å²) in [6.07, 6.45) is 0. The number of aromatic nitrogens is 1. The van der Waals surface area contributed by atoms with Gasteiger partial charge in [-0.3, -0.25) is 19.8 Å². The normalized spacial score (nSPS) is 15.1. The van der Waals surface area contributed by atoms with Crippen molar-refractivity contribution in [3.05, 3.63) is 46.0 Å². The van der Waals surface area contributed by atoms with E-state index in [2.05, 4.69) is 10.5 Å². The van der Waals surface area contributed by atoms with Crippen LogP contribution in [0.4, 0.5) is 21.6 Å². The highest BCUT2D eigenvalue weighted by Crippen LogP contribution is 2.29. The average Bonchev–Trinajstić information content (AvgIpc) is 3.00. The molecule has 0 spiro atoms. The van der Waals surface area contributed by atoms with Gasteiger partial charge in [-0.25, -0.2) is 4.39 Å².